The summed E-state index contributed by atoms with van der Waals surface area (Å²) in [5, 5.41) is 21.2. The number of nitrogens with two attached hydrogens (primary N) is 1. The quantitative estimate of drug-likeness (QED) is 0.129. The molecule has 2 heterocycles. The van der Waals surface area contributed by atoms with Gasteiger partial charge in [0.2, 0.25) is 17.8 Å². The minimum absolute atomic E-state index is 0.0598. The Morgan fingerprint density at radius 1 is 0.842 bits per heavy atom. The molecular weight excluding hydrogens is 490 g/mol. The van der Waals surface area contributed by atoms with Gasteiger partial charge in [-0.25, -0.2) is 0 Å². The highest BCUT2D eigenvalue weighted by Gasteiger charge is 2.09. The second kappa shape index (κ2) is 16.8. The van der Waals surface area contributed by atoms with E-state index >= 15 is 0 Å². The van der Waals surface area contributed by atoms with E-state index in [-0.39, 0.29) is 12.5 Å². The number of nitrogens with one attached hydrogen (secondary N) is 4. The van der Waals surface area contributed by atoms with Crippen LogP contribution in [0.1, 0.15) is 16.1 Å². The van der Waals surface area contributed by atoms with Crippen LogP contribution in [-0.2, 0) is 15.9 Å². The van der Waals surface area contributed by atoms with Crippen LogP contribution in [0.2, 0.25) is 0 Å². The highest BCUT2D eigenvalue weighted by atomic mass is 16.5. The van der Waals surface area contributed by atoms with Crippen LogP contribution in [0.15, 0.2) is 48.7 Å². The molecule has 13 heteroatoms. The molecule has 204 valence electrons. The third-order valence-corrected chi connectivity index (χ3v) is 4.99. The van der Waals surface area contributed by atoms with Crippen LogP contribution >= 0.6 is 0 Å². The molecular formula is C25H35N9O4. The number of amides is 1. The molecule has 0 atom stereocenters. The summed E-state index contributed by atoms with van der Waals surface area (Å²) >= 11 is 0. The first-order valence-electron chi connectivity index (χ1n) is 12.4. The molecule has 0 bridgehead atoms. The van der Waals surface area contributed by atoms with Gasteiger partial charge in [-0.1, -0.05) is 6.07 Å². The molecule has 13 nitrogen and oxygen atoms in total. The van der Waals surface area contributed by atoms with E-state index in [2.05, 4.69) is 41.2 Å². The van der Waals surface area contributed by atoms with Crippen molar-refractivity contribution < 1.29 is 19.4 Å². The molecule has 0 aliphatic rings. The highest BCUT2D eigenvalue weighted by molar-refractivity contribution is 5.94. The summed E-state index contributed by atoms with van der Waals surface area (Å²) in [4.78, 5) is 29.8. The van der Waals surface area contributed by atoms with Gasteiger partial charge in [0.25, 0.3) is 5.91 Å². The lowest BCUT2D eigenvalue weighted by Crippen LogP contribution is -2.27. The van der Waals surface area contributed by atoms with E-state index in [0.717, 1.165) is 5.69 Å². The average molecular weight is 526 g/mol. The van der Waals surface area contributed by atoms with E-state index in [9.17, 15) is 4.79 Å². The summed E-state index contributed by atoms with van der Waals surface area (Å²) in [6.07, 6.45) is 2.46. The van der Waals surface area contributed by atoms with Crippen molar-refractivity contribution in [3.05, 3.63) is 59.9 Å². The van der Waals surface area contributed by atoms with Gasteiger partial charge in [0.15, 0.2) is 0 Å². The number of carbonyl (C=O) groups excluding carboxylic acids is 1. The van der Waals surface area contributed by atoms with Gasteiger partial charge < -0.3 is 41.6 Å². The second-order valence-corrected chi connectivity index (χ2v) is 7.93. The van der Waals surface area contributed by atoms with E-state index in [4.69, 9.17) is 20.3 Å². The smallest absolute Gasteiger partial charge is 0.251 e. The molecule has 1 amide bonds. The van der Waals surface area contributed by atoms with E-state index < -0.39 is 0 Å². The van der Waals surface area contributed by atoms with E-state index in [1.807, 2.05) is 18.2 Å². The Hall–Kier alpha value is -3.91. The molecule has 0 aliphatic heterocycles. The lowest BCUT2D eigenvalue weighted by atomic mass is 10.2. The van der Waals surface area contributed by atoms with Gasteiger partial charge >= 0.3 is 0 Å². The summed E-state index contributed by atoms with van der Waals surface area (Å²) in [7, 11) is 0. The monoisotopic (exact) mass is 525 g/mol. The predicted molar refractivity (Wildman–Crippen MR) is 145 cm³/mol. The van der Waals surface area contributed by atoms with Crippen LogP contribution in [0.4, 0.5) is 23.5 Å². The molecule has 7 N–H and O–H groups in total. The number of aliphatic hydroxyl groups is 1. The predicted octanol–water partition coefficient (Wildman–Crippen LogP) is 0.791. The minimum atomic E-state index is -0.199. The molecule has 3 aromatic rings. The topological polar surface area (TPSA) is 181 Å². The number of rotatable bonds is 18. The Kier molecular flexibility index (Phi) is 12.6. The number of benzene rings is 1. The van der Waals surface area contributed by atoms with Crippen molar-refractivity contribution in [2.45, 2.75) is 6.42 Å². The molecule has 0 saturated heterocycles. The van der Waals surface area contributed by atoms with Crippen LogP contribution < -0.4 is 27.0 Å². The molecule has 0 radical (unpaired) electrons. The molecule has 2 aromatic heterocycles. The zero-order valence-corrected chi connectivity index (χ0v) is 21.2. The Bertz CT molecular complexity index is 1090. The van der Waals surface area contributed by atoms with Gasteiger partial charge in [-0.3, -0.25) is 9.78 Å². The number of carbonyl (C=O) groups is 1. The number of aromatic nitrogens is 4. The molecule has 0 unspecified atom stereocenters. The lowest BCUT2D eigenvalue weighted by molar-refractivity contribution is 0.0511. The number of ether oxygens (including phenoxy) is 2. The maximum Gasteiger partial charge on any atom is 0.251 e. The van der Waals surface area contributed by atoms with Crippen molar-refractivity contribution in [2.75, 3.05) is 75.2 Å². The number of hydrogen-bond acceptors (Lipinski definition) is 12. The summed E-state index contributed by atoms with van der Waals surface area (Å²) in [6, 6.07) is 12.7. The Labute approximate surface area is 221 Å². The molecule has 0 saturated carbocycles. The third-order valence-electron chi connectivity index (χ3n) is 4.99. The van der Waals surface area contributed by atoms with Crippen molar-refractivity contribution in [1.82, 2.24) is 25.3 Å². The van der Waals surface area contributed by atoms with Crippen LogP contribution in [-0.4, -0.2) is 90.2 Å². The van der Waals surface area contributed by atoms with E-state index in [1.165, 1.54) is 0 Å². The van der Waals surface area contributed by atoms with Crippen LogP contribution in [0, 0.1) is 0 Å². The Morgan fingerprint density at radius 3 is 2.24 bits per heavy atom. The Morgan fingerprint density at radius 2 is 1.55 bits per heavy atom. The van der Waals surface area contributed by atoms with Gasteiger partial charge in [0.05, 0.1) is 33.0 Å². The first-order chi connectivity index (χ1) is 18.7. The maximum atomic E-state index is 12.4. The van der Waals surface area contributed by atoms with E-state index in [1.54, 1.807) is 30.5 Å². The van der Waals surface area contributed by atoms with Gasteiger partial charge in [-0.05, 0) is 36.4 Å². The third kappa shape index (κ3) is 10.6. The summed E-state index contributed by atoms with van der Waals surface area (Å²) in [5.41, 5.74) is 7.51. The molecule has 0 spiro atoms. The van der Waals surface area contributed by atoms with Gasteiger partial charge in [0, 0.05) is 55.7 Å². The fourth-order valence-electron chi connectivity index (χ4n) is 3.18. The minimum Gasteiger partial charge on any atom is -0.395 e. The zero-order chi connectivity index (χ0) is 26.8. The first kappa shape index (κ1) is 28.7. The standard InChI is InChI=1S/C25H35N9O4/c26-9-15-37-17-18-38-16-13-28-22(36)19-4-6-21(7-5-19)31-25-33-23(32-24(34-25)30-12-14-35)29-11-8-20-3-1-2-10-27-20/h1-7,10,35H,8-9,11-18,26H2,(H,28,36)(H3,29,30,31,32,33,34). The number of aliphatic hydroxyl groups excluding tert-OH is 1. The largest absolute Gasteiger partial charge is 0.395 e. The van der Waals surface area contributed by atoms with Crippen LogP contribution in [0.25, 0.3) is 0 Å². The van der Waals surface area contributed by atoms with Crippen molar-refractivity contribution in [3.8, 4) is 0 Å². The summed E-state index contributed by atoms with van der Waals surface area (Å²) < 4.78 is 10.6. The molecule has 38 heavy (non-hydrogen) atoms. The zero-order valence-electron chi connectivity index (χ0n) is 21.2. The summed E-state index contributed by atoms with van der Waals surface area (Å²) in [6.45, 7) is 3.51. The lowest BCUT2D eigenvalue weighted by Gasteiger charge is -2.11. The summed E-state index contributed by atoms with van der Waals surface area (Å²) in [5.74, 6) is 0.809. The fraction of sp³-hybridized carbons (Fsp3) is 0.400. The van der Waals surface area contributed by atoms with Crippen molar-refractivity contribution in [1.29, 1.82) is 0 Å². The Balaban J connectivity index is 1.51. The van der Waals surface area contributed by atoms with Crippen molar-refractivity contribution in [3.63, 3.8) is 0 Å². The maximum absolute atomic E-state index is 12.4. The fourth-order valence-corrected chi connectivity index (χ4v) is 3.18. The van der Waals surface area contributed by atoms with Crippen molar-refractivity contribution in [2.24, 2.45) is 5.73 Å². The number of hydrogen-bond donors (Lipinski definition) is 6. The second-order valence-electron chi connectivity index (χ2n) is 7.93. The van der Waals surface area contributed by atoms with E-state index in [0.29, 0.717) is 88.1 Å². The number of pyridine rings is 1. The van der Waals surface area contributed by atoms with Crippen LogP contribution in [0.5, 0.6) is 0 Å². The highest BCUT2D eigenvalue weighted by Crippen LogP contribution is 2.17. The number of nitrogens with zero attached hydrogens (tertiary/aromatic N) is 4. The van der Waals surface area contributed by atoms with Crippen LogP contribution in [0.3, 0.4) is 0 Å². The van der Waals surface area contributed by atoms with Gasteiger partial charge in [-0.15, -0.1) is 0 Å². The van der Waals surface area contributed by atoms with Crippen molar-refractivity contribution >= 4 is 29.4 Å². The first-order valence-corrected chi connectivity index (χ1v) is 12.4. The SMILES string of the molecule is NCCOCCOCCNC(=O)c1ccc(Nc2nc(NCCO)nc(NCCc3ccccn3)n2)cc1. The molecule has 1 aromatic carbocycles. The molecule has 3 rings (SSSR count). The molecule has 0 fully saturated rings. The number of anilines is 4. The average Bonchev–Trinajstić information content (AvgIpc) is 2.94. The molecule has 0 aliphatic carbocycles. The van der Waals surface area contributed by atoms with Gasteiger partial charge in [-0.2, -0.15) is 15.0 Å². The normalized spacial score (nSPS) is 10.7. The van der Waals surface area contributed by atoms with Gasteiger partial charge in [0.1, 0.15) is 0 Å².